The van der Waals surface area contributed by atoms with Gasteiger partial charge in [0.1, 0.15) is 17.3 Å². The van der Waals surface area contributed by atoms with E-state index in [1.165, 1.54) is 0 Å². The molecule has 1 fully saturated rings. The second-order valence-electron chi connectivity index (χ2n) is 10.2. The summed E-state index contributed by atoms with van der Waals surface area (Å²) in [6, 6.07) is 12.0. The van der Waals surface area contributed by atoms with Crippen molar-refractivity contribution in [3.05, 3.63) is 68.9 Å². The average molecular weight is 592 g/mol. The first-order valence-electron chi connectivity index (χ1n) is 12.7. The quantitative estimate of drug-likeness (QED) is 0.252. The largest absolute Gasteiger partial charge is 0.507 e. The Labute approximate surface area is 246 Å². The van der Waals surface area contributed by atoms with Gasteiger partial charge in [-0.2, -0.15) is 0 Å². The minimum absolute atomic E-state index is 0. The van der Waals surface area contributed by atoms with Crippen LogP contribution >= 0.6 is 36.2 Å². The minimum Gasteiger partial charge on any atom is -0.507 e. The lowest BCUT2D eigenvalue weighted by atomic mass is 9.86. The van der Waals surface area contributed by atoms with Crippen molar-refractivity contribution in [1.29, 1.82) is 5.41 Å². The number of ether oxygens (including phenoxy) is 1. The van der Waals surface area contributed by atoms with Crippen LogP contribution in [0, 0.1) is 26.2 Å². The number of amidine groups is 1. The van der Waals surface area contributed by atoms with Crippen LogP contribution < -0.4 is 15.0 Å². The fraction of sp³-hybridized carbons (Fsp3) is 0.379. The number of benzene rings is 2. The van der Waals surface area contributed by atoms with Gasteiger partial charge in [0.05, 0.1) is 4.88 Å². The van der Waals surface area contributed by atoms with E-state index in [1.807, 2.05) is 62.2 Å². The van der Waals surface area contributed by atoms with Crippen molar-refractivity contribution in [2.75, 3.05) is 36.4 Å². The number of phenolic OH excluding ortho intramolecular Hbond substituents is 1. The minimum atomic E-state index is -0.907. The molecule has 1 atom stereocenters. The molecule has 0 saturated carbocycles. The highest BCUT2D eigenvalue weighted by molar-refractivity contribution is 7.12. The van der Waals surface area contributed by atoms with E-state index < -0.39 is 5.60 Å². The monoisotopic (exact) mass is 590 g/mol. The lowest BCUT2D eigenvalue weighted by molar-refractivity contribution is -0.148. The summed E-state index contributed by atoms with van der Waals surface area (Å²) in [6.07, 6.45) is 1.30. The zero-order valence-electron chi connectivity index (χ0n) is 22.7. The molecule has 0 bridgehead atoms. The molecule has 210 valence electrons. The van der Waals surface area contributed by atoms with Crippen molar-refractivity contribution in [3.8, 4) is 11.5 Å². The molecule has 0 unspecified atom stereocenters. The summed E-state index contributed by atoms with van der Waals surface area (Å²) in [4.78, 5) is 18.7. The van der Waals surface area contributed by atoms with Gasteiger partial charge in [0.2, 0.25) is 0 Å². The molecule has 0 radical (unpaired) electrons. The van der Waals surface area contributed by atoms with Crippen LogP contribution in [0.1, 0.15) is 40.5 Å². The lowest BCUT2D eigenvalue weighted by Crippen LogP contribution is -2.57. The molecule has 0 spiro atoms. The Morgan fingerprint density at radius 3 is 2.31 bits per heavy atom. The van der Waals surface area contributed by atoms with Gasteiger partial charge in [-0.25, -0.2) is 0 Å². The van der Waals surface area contributed by atoms with Crippen LogP contribution in [-0.4, -0.2) is 53.5 Å². The number of carbonyl (C=O) groups excluding carboxylic acids is 1. The summed E-state index contributed by atoms with van der Waals surface area (Å²) in [5.41, 5.74) is 4.67. The van der Waals surface area contributed by atoms with Crippen molar-refractivity contribution in [1.82, 2.24) is 4.90 Å². The standard InChI is InChI=1S/C29H34N4O3S.2ClH/c1-18-19(2)26-23(20(3)25(18)34)11-12-29(4,36-26)28(35)33-15-13-32(14-16-33)22-9-7-21(8-10-22)31-27(30)24-6-5-17-37-24;;/h5-10,17,34H,11-16H2,1-4H3,(H2,30,31);2*1H/t29-;;/m1../s1. The number of halogens is 2. The molecule has 3 aromatic rings. The Morgan fingerprint density at radius 2 is 1.69 bits per heavy atom. The highest BCUT2D eigenvalue weighted by Crippen LogP contribution is 2.43. The molecular formula is C29H36Cl2N4O3S. The summed E-state index contributed by atoms with van der Waals surface area (Å²) in [5, 5.41) is 23.8. The Kier molecular flexibility index (Phi) is 9.47. The van der Waals surface area contributed by atoms with Crippen LogP contribution in [-0.2, 0) is 11.2 Å². The van der Waals surface area contributed by atoms with Gasteiger partial charge < -0.3 is 25.0 Å². The number of nitrogens with one attached hydrogen (secondary N) is 2. The number of anilines is 2. The number of hydrogen-bond acceptors (Lipinski definition) is 6. The third kappa shape index (κ3) is 5.83. The van der Waals surface area contributed by atoms with Gasteiger partial charge in [-0.15, -0.1) is 36.2 Å². The maximum atomic E-state index is 13.6. The Morgan fingerprint density at radius 1 is 1.03 bits per heavy atom. The number of hydrogen-bond donors (Lipinski definition) is 3. The van der Waals surface area contributed by atoms with Crippen LogP contribution in [0.15, 0.2) is 41.8 Å². The van der Waals surface area contributed by atoms with Gasteiger partial charge in [0, 0.05) is 49.5 Å². The summed E-state index contributed by atoms with van der Waals surface area (Å²) in [7, 11) is 0. The predicted octanol–water partition coefficient (Wildman–Crippen LogP) is 6.09. The topological polar surface area (TPSA) is 88.9 Å². The maximum absolute atomic E-state index is 13.6. The molecule has 3 N–H and O–H groups in total. The molecule has 1 amide bonds. The second kappa shape index (κ2) is 12.1. The number of aromatic hydroxyl groups is 1. The van der Waals surface area contributed by atoms with E-state index in [9.17, 15) is 9.90 Å². The van der Waals surface area contributed by atoms with Gasteiger partial charge in [0.15, 0.2) is 5.60 Å². The zero-order chi connectivity index (χ0) is 26.3. The summed E-state index contributed by atoms with van der Waals surface area (Å²) in [5.74, 6) is 1.52. The molecule has 10 heteroatoms. The molecule has 7 nitrogen and oxygen atoms in total. The number of fused-ring (bicyclic) bond motifs is 1. The molecular weight excluding hydrogens is 555 g/mol. The summed E-state index contributed by atoms with van der Waals surface area (Å²) in [6.45, 7) is 10.5. The molecule has 0 aliphatic carbocycles. The third-order valence-corrected chi connectivity index (χ3v) is 8.70. The Hall–Kier alpha value is -2.94. The van der Waals surface area contributed by atoms with Crippen LogP contribution in [0.5, 0.6) is 11.5 Å². The molecule has 1 saturated heterocycles. The number of amides is 1. The average Bonchev–Trinajstić information content (AvgIpc) is 3.46. The SMILES string of the molecule is Cc1c(C)c2c(c(C)c1O)CC[C@](C)(C(=O)N1CCN(c3ccc(NC(=N)c4cccs4)cc3)CC1)O2.Cl.Cl. The van der Waals surface area contributed by atoms with E-state index in [0.717, 1.165) is 57.3 Å². The van der Waals surface area contributed by atoms with Crippen LogP contribution in [0.2, 0.25) is 0 Å². The van der Waals surface area contributed by atoms with E-state index >= 15 is 0 Å². The number of piperazine rings is 1. The zero-order valence-corrected chi connectivity index (χ0v) is 25.1. The fourth-order valence-electron chi connectivity index (χ4n) is 5.28. The number of rotatable bonds is 4. The van der Waals surface area contributed by atoms with E-state index in [-0.39, 0.29) is 30.7 Å². The van der Waals surface area contributed by atoms with Crippen molar-refractivity contribution >= 4 is 59.3 Å². The van der Waals surface area contributed by atoms with E-state index in [1.54, 1.807) is 11.3 Å². The number of phenols is 1. The van der Waals surface area contributed by atoms with E-state index in [2.05, 4.69) is 22.3 Å². The Balaban J connectivity index is 0.00000210. The van der Waals surface area contributed by atoms with E-state index in [4.69, 9.17) is 10.1 Å². The number of nitrogens with zero attached hydrogens (tertiary/aromatic N) is 2. The van der Waals surface area contributed by atoms with Crippen molar-refractivity contribution < 1.29 is 14.6 Å². The van der Waals surface area contributed by atoms with Crippen LogP contribution in [0.3, 0.4) is 0 Å². The fourth-order valence-corrected chi connectivity index (χ4v) is 5.91. The first-order chi connectivity index (χ1) is 17.7. The molecule has 2 aliphatic rings. The van der Waals surface area contributed by atoms with Gasteiger partial charge in [-0.1, -0.05) is 6.07 Å². The maximum Gasteiger partial charge on any atom is 0.266 e. The summed E-state index contributed by atoms with van der Waals surface area (Å²) < 4.78 is 6.43. The number of thiophene rings is 1. The first kappa shape index (κ1) is 30.6. The first-order valence-corrected chi connectivity index (χ1v) is 13.6. The number of carbonyl (C=O) groups is 1. The molecule has 1 aromatic heterocycles. The van der Waals surface area contributed by atoms with Crippen LogP contribution in [0.25, 0.3) is 0 Å². The third-order valence-electron chi connectivity index (χ3n) is 7.81. The van der Waals surface area contributed by atoms with Crippen molar-refractivity contribution in [2.24, 2.45) is 0 Å². The Bertz CT molecular complexity index is 1340. The second-order valence-corrected chi connectivity index (χ2v) is 11.1. The van der Waals surface area contributed by atoms with Crippen molar-refractivity contribution in [2.45, 2.75) is 46.1 Å². The van der Waals surface area contributed by atoms with Gasteiger partial charge >= 0.3 is 0 Å². The normalized spacial score (nSPS) is 18.3. The van der Waals surface area contributed by atoms with Gasteiger partial charge in [-0.3, -0.25) is 10.2 Å². The smallest absolute Gasteiger partial charge is 0.266 e. The molecule has 3 heterocycles. The molecule has 5 rings (SSSR count). The summed E-state index contributed by atoms with van der Waals surface area (Å²) >= 11 is 1.54. The van der Waals surface area contributed by atoms with Gasteiger partial charge in [0.25, 0.3) is 5.91 Å². The highest BCUT2D eigenvalue weighted by Gasteiger charge is 2.43. The van der Waals surface area contributed by atoms with Crippen molar-refractivity contribution in [3.63, 3.8) is 0 Å². The highest BCUT2D eigenvalue weighted by atomic mass is 35.5. The van der Waals surface area contributed by atoms with Gasteiger partial charge in [-0.05, 0) is 86.5 Å². The van der Waals surface area contributed by atoms with E-state index in [0.29, 0.717) is 37.5 Å². The molecule has 2 aromatic carbocycles. The van der Waals surface area contributed by atoms with Crippen LogP contribution in [0.4, 0.5) is 11.4 Å². The molecule has 39 heavy (non-hydrogen) atoms. The molecule has 2 aliphatic heterocycles. The lowest BCUT2D eigenvalue weighted by Gasteiger charge is -2.42. The predicted molar refractivity (Wildman–Crippen MR) is 164 cm³/mol.